The first kappa shape index (κ1) is 24.2. The molecule has 0 aliphatic carbocycles. The lowest BCUT2D eigenvalue weighted by atomic mass is 10.1. The third-order valence-electron chi connectivity index (χ3n) is 5.38. The van der Waals surface area contributed by atoms with Gasteiger partial charge in [-0.05, 0) is 54.0 Å². The van der Waals surface area contributed by atoms with E-state index in [9.17, 15) is 19.2 Å². The van der Waals surface area contributed by atoms with Crippen molar-refractivity contribution in [1.29, 1.82) is 0 Å². The third kappa shape index (κ3) is 5.23. The maximum atomic E-state index is 13.1. The van der Waals surface area contributed by atoms with E-state index in [1.54, 1.807) is 43.3 Å². The Hall–Kier alpha value is -4.98. The first-order valence-electron chi connectivity index (χ1n) is 11.0. The Balaban J connectivity index is 1.58. The van der Waals surface area contributed by atoms with Crippen molar-refractivity contribution in [3.63, 3.8) is 0 Å². The zero-order valence-corrected chi connectivity index (χ0v) is 19.6. The SMILES string of the molecule is COc1cc(/C=C2\C(=O)NC(=O)N(c3ccccc3C)C2=O)ccc1OC(=O)/C=C/c1ccccc1. The van der Waals surface area contributed by atoms with Gasteiger partial charge in [0.1, 0.15) is 5.57 Å². The zero-order chi connectivity index (χ0) is 25.7. The maximum absolute atomic E-state index is 13.1. The highest BCUT2D eigenvalue weighted by molar-refractivity contribution is 6.39. The Morgan fingerprint density at radius 1 is 0.889 bits per heavy atom. The van der Waals surface area contributed by atoms with Gasteiger partial charge >= 0.3 is 12.0 Å². The normalized spacial score (nSPS) is 14.8. The predicted molar refractivity (Wildman–Crippen MR) is 134 cm³/mol. The average molecular weight is 482 g/mol. The van der Waals surface area contributed by atoms with Gasteiger partial charge in [-0.15, -0.1) is 0 Å². The lowest BCUT2D eigenvalue weighted by Crippen LogP contribution is -2.54. The average Bonchev–Trinajstić information content (AvgIpc) is 2.87. The summed E-state index contributed by atoms with van der Waals surface area (Å²) in [5.74, 6) is -1.77. The van der Waals surface area contributed by atoms with Crippen molar-refractivity contribution in [2.45, 2.75) is 6.92 Å². The Kier molecular flexibility index (Phi) is 7.06. The molecule has 3 aromatic carbocycles. The first-order valence-corrected chi connectivity index (χ1v) is 11.0. The number of rotatable bonds is 6. The highest BCUT2D eigenvalue weighted by Gasteiger charge is 2.37. The topological polar surface area (TPSA) is 102 Å². The van der Waals surface area contributed by atoms with Crippen LogP contribution in [0.3, 0.4) is 0 Å². The molecule has 1 heterocycles. The molecule has 0 saturated carbocycles. The summed E-state index contributed by atoms with van der Waals surface area (Å²) < 4.78 is 10.7. The molecule has 0 unspecified atom stereocenters. The molecule has 3 aromatic rings. The fourth-order valence-electron chi connectivity index (χ4n) is 3.59. The van der Waals surface area contributed by atoms with Gasteiger partial charge in [0.15, 0.2) is 11.5 Å². The van der Waals surface area contributed by atoms with Gasteiger partial charge in [0, 0.05) is 6.08 Å². The number of hydrogen-bond donors (Lipinski definition) is 1. The molecular formula is C28H22N2O6. The molecule has 4 amide bonds. The minimum Gasteiger partial charge on any atom is -0.493 e. The van der Waals surface area contributed by atoms with E-state index in [1.165, 1.54) is 31.4 Å². The van der Waals surface area contributed by atoms with Gasteiger partial charge in [-0.3, -0.25) is 14.9 Å². The third-order valence-corrected chi connectivity index (χ3v) is 5.38. The number of anilines is 1. The summed E-state index contributed by atoms with van der Waals surface area (Å²) in [6.45, 7) is 1.76. The van der Waals surface area contributed by atoms with E-state index < -0.39 is 23.8 Å². The quantitative estimate of drug-likeness (QED) is 0.243. The summed E-state index contributed by atoms with van der Waals surface area (Å²) in [5, 5.41) is 2.20. The van der Waals surface area contributed by atoms with Crippen molar-refractivity contribution < 1.29 is 28.7 Å². The van der Waals surface area contributed by atoms with Gasteiger partial charge in [0.05, 0.1) is 12.8 Å². The standard InChI is InChI=1S/C28H22N2O6/c1-18-8-6-7-11-22(18)30-27(33)21(26(32)29-28(30)34)16-20-12-14-23(24(17-20)35-2)36-25(31)15-13-19-9-4-3-5-10-19/h3-17H,1-2H3,(H,29,32,34)/b15-13+,21-16+. The first-order chi connectivity index (χ1) is 17.4. The van der Waals surface area contributed by atoms with Crippen LogP contribution in [-0.2, 0) is 14.4 Å². The van der Waals surface area contributed by atoms with Crippen molar-refractivity contribution in [2.75, 3.05) is 12.0 Å². The monoisotopic (exact) mass is 482 g/mol. The highest BCUT2D eigenvalue weighted by Crippen LogP contribution is 2.30. The summed E-state index contributed by atoms with van der Waals surface area (Å²) in [4.78, 5) is 51.2. The summed E-state index contributed by atoms with van der Waals surface area (Å²) in [5.41, 5.74) is 2.13. The van der Waals surface area contributed by atoms with Gasteiger partial charge in [0.2, 0.25) is 0 Å². The molecule has 36 heavy (non-hydrogen) atoms. The number of esters is 1. The number of aryl methyl sites for hydroxylation is 1. The molecule has 1 aliphatic heterocycles. The van der Waals surface area contributed by atoms with Crippen LogP contribution in [0.25, 0.3) is 12.2 Å². The van der Waals surface area contributed by atoms with Crippen LogP contribution in [-0.4, -0.2) is 30.9 Å². The second-order valence-corrected chi connectivity index (χ2v) is 7.82. The van der Waals surface area contributed by atoms with Gasteiger partial charge in [-0.2, -0.15) is 0 Å². The lowest BCUT2D eigenvalue weighted by Gasteiger charge is -2.27. The molecule has 8 nitrogen and oxygen atoms in total. The molecule has 1 N–H and O–H groups in total. The predicted octanol–water partition coefficient (Wildman–Crippen LogP) is 4.29. The largest absolute Gasteiger partial charge is 0.493 e. The van der Waals surface area contributed by atoms with Crippen LogP contribution >= 0.6 is 0 Å². The van der Waals surface area contributed by atoms with Crippen molar-refractivity contribution in [3.8, 4) is 11.5 Å². The number of nitrogens with one attached hydrogen (secondary N) is 1. The van der Waals surface area contributed by atoms with Crippen LogP contribution in [0.4, 0.5) is 10.5 Å². The minimum atomic E-state index is -0.820. The van der Waals surface area contributed by atoms with Crippen LogP contribution in [0, 0.1) is 6.92 Å². The number of benzene rings is 3. The Morgan fingerprint density at radius 3 is 2.33 bits per heavy atom. The molecule has 0 aromatic heterocycles. The number of para-hydroxylation sites is 1. The second-order valence-electron chi connectivity index (χ2n) is 7.82. The molecule has 0 radical (unpaired) electrons. The van der Waals surface area contributed by atoms with Gasteiger partial charge < -0.3 is 9.47 Å². The van der Waals surface area contributed by atoms with E-state index in [0.717, 1.165) is 10.5 Å². The van der Waals surface area contributed by atoms with Gasteiger partial charge in [0.25, 0.3) is 11.8 Å². The van der Waals surface area contributed by atoms with Crippen LogP contribution < -0.4 is 19.7 Å². The zero-order valence-electron chi connectivity index (χ0n) is 19.6. The van der Waals surface area contributed by atoms with Crippen LogP contribution in [0.15, 0.2) is 84.4 Å². The fraction of sp³-hybridized carbons (Fsp3) is 0.0714. The number of hydrogen-bond acceptors (Lipinski definition) is 6. The lowest BCUT2D eigenvalue weighted by molar-refractivity contribution is -0.129. The molecule has 1 aliphatic rings. The van der Waals surface area contributed by atoms with Gasteiger partial charge in [-0.1, -0.05) is 54.6 Å². The Labute approximate surface area is 207 Å². The molecule has 0 atom stereocenters. The molecular weight excluding hydrogens is 460 g/mol. The Bertz CT molecular complexity index is 1410. The van der Waals surface area contributed by atoms with E-state index in [2.05, 4.69) is 5.32 Å². The maximum Gasteiger partial charge on any atom is 0.336 e. The fourth-order valence-corrected chi connectivity index (χ4v) is 3.59. The van der Waals surface area contributed by atoms with Crippen LogP contribution in [0.1, 0.15) is 16.7 Å². The van der Waals surface area contributed by atoms with Crippen molar-refractivity contribution in [3.05, 3.63) is 101 Å². The molecule has 0 bridgehead atoms. The summed E-state index contributed by atoms with van der Waals surface area (Å²) in [6.07, 6.45) is 4.27. The minimum absolute atomic E-state index is 0.165. The van der Waals surface area contributed by atoms with Crippen molar-refractivity contribution >= 4 is 41.7 Å². The number of carbonyl (C=O) groups is 4. The van der Waals surface area contributed by atoms with E-state index in [4.69, 9.17) is 9.47 Å². The smallest absolute Gasteiger partial charge is 0.336 e. The number of methoxy groups -OCH3 is 1. The second kappa shape index (κ2) is 10.5. The van der Waals surface area contributed by atoms with E-state index in [0.29, 0.717) is 16.8 Å². The molecule has 1 fully saturated rings. The van der Waals surface area contributed by atoms with E-state index in [-0.39, 0.29) is 17.1 Å². The number of carbonyl (C=O) groups excluding carboxylic acids is 4. The van der Waals surface area contributed by atoms with Crippen LogP contribution in [0.2, 0.25) is 0 Å². The number of amides is 4. The van der Waals surface area contributed by atoms with E-state index >= 15 is 0 Å². The van der Waals surface area contributed by atoms with E-state index in [1.807, 2.05) is 30.3 Å². The summed E-state index contributed by atoms with van der Waals surface area (Å²) in [6, 6.07) is 19.9. The Morgan fingerprint density at radius 2 is 1.61 bits per heavy atom. The van der Waals surface area contributed by atoms with Crippen LogP contribution in [0.5, 0.6) is 11.5 Å². The molecule has 4 rings (SSSR count). The number of ether oxygens (including phenoxy) is 2. The summed E-state index contributed by atoms with van der Waals surface area (Å²) in [7, 11) is 1.40. The van der Waals surface area contributed by atoms with Crippen molar-refractivity contribution in [1.82, 2.24) is 5.32 Å². The number of urea groups is 1. The summed E-state index contributed by atoms with van der Waals surface area (Å²) >= 11 is 0. The van der Waals surface area contributed by atoms with Crippen molar-refractivity contribution in [2.24, 2.45) is 0 Å². The number of nitrogens with zero attached hydrogens (tertiary/aromatic N) is 1. The molecule has 180 valence electrons. The molecule has 1 saturated heterocycles. The number of barbiturate groups is 1. The highest BCUT2D eigenvalue weighted by atomic mass is 16.6. The van der Waals surface area contributed by atoms with Gasteiger partial charge in [-0.25, -0.2) is 14.5 Å². The molecule has 8 heteroatoms. The molecule has 0 spiro atoms. The number of imide groups is 2.